The van der Waals surface area contributed by atoms with Gasteiger partial charge in [-0.15, -0.1) is 0 Å². The molecule has 2 unspecified atom stereocenters. The minimum Gasteiger partial charge on any atom is -0.497 e. The second kappa shape index (κ2) is 4.69. The molecule has 1 fully saturated rings. The Morgan fingerprint density at radius 3 is 2.81 bits per heavy atom. The van der Waals surface area contributed by atoms with Gasteiger partial charge in [-0.2, -0.15) is 0 Å². The van der Waals surface area contributed by atoms with Crippen LogP contribution in [0.25, 0.3) is 0 Å². The van der Waals surface area contributed by atoms with E-state index in [2.05, 4.69) is 6.92 Å². The van der Waals surface area contributed by atoms with E-state index in [1.54, 1.807) is 7.11 Å². The van der Waals surface area contributed by atoms with Crippen LogP contribution in [-0.4, -0.2) is 12.9 Å². The average Bonchev–Trinajstić information content (AvgIpc) is 2.75. The number of benzene rings is 1. The van der Waals surface area contributed by atoms with Crippen LogP contribution in [0.3, 0.4) is 0 Å². The summed E-state index contributed by atoms with van der Waals surface area (Å²) in [6.45, 7) is 2.22. The minimum atomic E-state index is 0.224. The predicted octanol–water partition coefficient (Wildman–Crippen LogP) is 3.31. The summed E-state index contributed by atoms with van der Waals surface area (Å²) in [6.07, 6.45) is 3.26. The third-order valence-electron chi connectivity index (χ3n) is 3.42. The molecular formula is C14H18O2. The fraction of sp³-hybridized carbons (Fsp3) is 0.500. The Morgan fingerprint density at radius 1 is 1.38 bits per heavy atom. The number of hydrogen-bond acceptors (Lipinski definition) is 2. The van der Waals surface area contributed by atoms with E-state index in [9.17, 15) is 4.79 Å². The Kier molecular flexibility index (Phi) is 3.28. The zero-order chi connectivity index (χ0) is 11.5. The molecule has 0 radical (unpaired) electrons. The van der Waals surface area contributed by atoms with Gasteiger partial charge in [0.1, 0.15) is 5.75 Å². The molecule has 86 valence electrons. The maximum Gasteiger partial charge on any atom is 0.166 e. The topological polar surface area (TPSA) is 26.3 Å². The molecule has 1 aromatic rings. The molecule has 0 N–H and O–H groups in total. The molecule has 16 heavy (non-hydrogen) atoms. The third kappa shape index (κ3) is 2.26. The van der Waals surface area contributed by atoms with Crippen LogP contribution in [0.15, 0.2) is 24.3 Å². The molecule has 1 saturated carbocycles. The maximum absolute atomic E-state index is 12.2. The lowest BCUT2D eigenvalue weighted by Crippen LogP contribution is -2.11. The highest BCUT2D eigenvalue weighted by molar-refractivity contribution is 5.98. The summed E-state index contributed by atoms with van der Waals surface area (Å²) in [4.78, 5) is 12.2. The van der Waals surface area contributed by atoms with Crippen LogP contribution in [0.4, 0.5) is 0 Å². The molecule has 2 nitrogen and oxygen atoms in total. The lowest BCUT2D eigenvalue weighted by atomic mass is 9.95. The van der Waals surface area contributed by atoms with Gasteiger partial charge in [-0.05, 0) is 37.3 Å². The molecule has 0 aromatic heterocycles. The molecule has 2 heteroatoms. The van der Waals surface area contributed by atoms with E-state index in [0.29, 0.717) is 5.92 Å². The summed E-state index contributed by atoms with van der Waals surface area (Å²) in [6, 6.07) is 7.47. The summed E-state index contributed by atoms with van der Waals surface area (Å²) in [5.74, 6) is 1.96. The van der Waals surface area contributed by atoms with Crippen molar-refractivity contribution in [2.45, 2.75) is 26.2 Å². The van der Waals surface area contributed by atoms with Crippen LogP contribution < -0.4 is 4.74 Å². The SMILES string of the molecule is COc1cccc(C(=O)C2CCC(C)C2)c1. The zero-order valence-corrected chi connectivity index (χ0v) is 9.90. The van der Waals surface area contributed by atoms with E-state index in [0.717, 1.165) is 24.2 Å². The largest absolute Gasteiger partial charge is 0.497 e. The number of carbonyl (C=O) groups is 1. The molecule has 0 bridgehead atoms. The maximum atomic E-state index is 12.2. The highest BCUT2D eigenvalue weighted by Crippen LogP contribution is 2.33. The van der Waals surface area contributed by atoms with Crippen molar-refractivity contribution in [3.05, 3.63) is 29.8 Å². The summed E-state index contributed by atoms with van der Waals surface area (Å²) in [7, 11) is 1.63. The van der Waals surface area contributed by atoms with Crippen molar-refractivity contribution in [1.29, 1.82) is 0 Å². The van der Waals surface area contributed by atoms with Gasteiger partial charge in [0.2, 0.25) is 0 Å². The van der Waals surface area contributed by atoms with E-state index in [1.165, 1.54) is 6.42 Å². The van der Waals surface area contributed by atoms with Crippen LogP contribution in [-0.2, 0) is 0 Å². The van der Waals surface area contributed by atoms with E-state index in [4.69, 9.17) is 4.74 Å². The van der Waals surface area contributed by atoms with Gasteiger partial charge < -0.3 is 4.74 Å². The molecule has 0 heterocycles. The summed E-state index contributed by atoms with van der Waals surface area (Å²) < 4.78 is 5.14. The molecule has 0 spiro atoms. The first-order valence-electron chi connectivity index (χ1n) is 5.89. The first kappa shape index (κ1) is 11.2. The Bertz CT molecular complexity index is 384. The summed E-state index contributed by atoms with van der Waals surface area (Å²) in [5.41, 5.74) is 0.790. The number of ether oxygens (including phenoxy) is 1. The van der Waals surface area contributed by atoms with E-state index in [1.807, 2.05) is 24.3 Å². The second-order valence-corrected chi connectivity index (χ2v) is 4.71. The number of Topliss-reactive ketones (excluding diaryl/α,β-unsaturated/α-hetero) is 1. The number of methoxy groups -OCH3 is 1. The minimum absolute atomic E-state index is 0.224. The van der Waals surface area contributed by atoms with Crippen molar-refractivity contribution in [3.8, 4) is 5.75 Å². The monoisotopic (exact) mass is 218 g/mol. The van der Waals surface area contributed by atoms with Crippen molar-refractivity contribution >= 4 is 5.78 Å². The van der Waals surface area contributed by atoms with Gasteiger partial charge in [0.25, 0.3) is 0 Å². The molecule has 1 aliphatic rings. The highest BCUT2D eigenvalue weighted by atomic mass is 16.5. The standard InChI is InChI=1S/C14H18O2/c1-10-6-7-12(8-10)14(15)11-4-3-5-13(9-11)16-2/h3-5,9-10,12H,6-8H2,1-2H3. The van der Waals surface area contributed by atoms with Crippen molar-refractivity contribution in [2.75, 3.05) is 7.11 Å². The molecule has 2 rings (SSSR count). The van der Waals surface area contributed by atoms with Gasteiger partial charge >= 0.3 is 0 Å². The first-order valence-corrected chi connectivity index (χ1v) is 5.89. The van der Waals surface area contributed by atoms with Crippen LogP contribution in [0.1, 0.15) is 36.5 Å². The molecule has 0 aliphatic heterocycles. The second-order valence-electron chi connectivity index (χ2n) is 4.71. The Hall–Kier alpha value is -1.31. The lowest BCUT2D eigenvalue weighted by molar-refractivity contribution is 0.0920. The Labute approximate surface area is 96.6 Å². The zero-order valence-electron chi connectivity index (χ0n) is 9.90. The third-order valence-corrected chi connectivity index (χ3v) is 3.42. The van der Waals surface area contributed by atoms with E-state index < -0.39 is 0 Å². The summed E-state index contributed by atoms with van der Waals surface area (Å²) >= 11 is 0. The predicted molar refractivity (Wildman–Crippen MR) is 63.8 cm³/mol. The first-order chi connectivity index (χ1) is 7.70. The number of hydrogen-bond donors (Lipinski definition) is 0. The van der Waals surface area contributed by atoms with Crippen molar-refractivity contribution in [3.63, 3.8) is 0 Å². The van der Waals surface area contributed by atoms with Crippen molar-refractivity contribution in [2.24, 2.45) is 11.8 Å². The van der Waals surface area contributed by atoms with E-state index in [-0.39, 0.29) is 11.7 Å². The van der Waals surface area contributed by atoms with Crippen LogP contribution in [0.5, 0.6) is 5.75 Å². The quantitative estimate of drug-likeness (QED) is 0.727. The molecule has 0 saturated heterocycles. The van der Waals surface area contributed by atoms with Crippen LogP contribution in [0.2, 0.25) is 0 Å². The van der Waals surface area contributed by atoms with Gasteiger partial charge in [0, 0.05) is 11.5 Å². The number of carbonyl (C=O) groups excluding carboxylic acids is 1. The van der Waals surface area contributed by atoms with Gasteiger partial charge in [-0.3, -0.25) is 4.79 Å². The fourth-order valence-electron chi connectivity index (χ4n) is 2.46. The van der Waals surface area contributed by atoms with Crippen molar-refractivity contribution in [1.82, 2.24) is 0 Å². The Morgan fingerprint density at radius 2 is 2.19 bits per heavy atom. The molecule has 1 aliphatic carbocycles. The highest BCUT2D eigenvalue weighted by Gasteiger charge is 2.28. The molecule has 0 amide bonds. The summed E-state index contributed by atoms with van der Waals surface area (Å²) in [5, 5.41) is 0. The molecule has 1 aromatic carbocycles. The molecular weight excluding hydrogens is 200 g/mol. The molecule has 2 atom stereocenters. The number of ketones is 1. The normalized spacial score (nSPS) is 24.4. The fourth-order valence-corrected chi connectivity index (χ4v) is 2.46. The average molecular weight is 218 g/mol. The van der Waals surface area contributed by atoms with Gasteiger partial charge in [-0.1, -0.05) is 19.1 Å². The van der Waals surface area contributed by atoms with Gasteiger partial charge in [0.15, 0.2) is 5.78 Å². The van der Waals surface area contributed by atoms with E-state index >= 15 is 0 Å². The van der Waals surface area contributed by atoms with Crippen LogP contribution in [0, 0.1) is 11.8 Å². The van der Waals surface area contributed by atoms with Crippen molar-refractivity contribution < 1.29 is 9.53 Å². The van der Waals surface area contributed by atoms with Gasteiger partial charge in [-0.25, -0.2) is 0 Å². The van der Waals surface area contributed by atoms with Gasteiger partial charge in [0.05, 0.1) is 7.11 Å². The van der Waals surface area contributed by atoms with Crippen LogP contribution >= 0.6 is 0 Å². The number of rotatable bonds is 3. The Balaban J connectivity index is 2.14. The smallest absolute Gasteiger partial charge is 0.166 e. The lowest BCUT2D eigenvalue weighted by Gasteiger charge is -2.09.